The van der Waals surface area contributed by atoms with Gasteiger partial charge in [-0.3, -0.25) is 4.79 Å². The number of benzene rings is 1. The van der Waals surface area contributed by atoms with Crippen molar-refractivity contribution in [3.8, 4) is 6.07 Å². The van der Waals surface area contributed by atoms with Crippen LogP contribution >= 0.6 is 0 Å². The zero-order valence-electron chi connectivity index (χ0n) is 15.1. The first kappa shape index (κ1) is 19.3. The Hall–Kier alpha value is -3.51. The number of amides is 1. The van der Waals surface area contributed by atoms with Gasteiger partial charge in [0.05, 0.1) is 18.8 Å². The molecule has 0 bridgehead atoms. The van der Waals surface area contributed by atoms with Gasteiger partial charge in [0, 0.05) is 11.9 Å². The monoisotopic (exact) mass is 383 g/mol. The molecule has 8 nitrogen and oxygen atoms in total. The summed E-state index contributed by atoms with van der Waals surface area (Å²) in [5, 5.41) is 11.4. The van der Waals surface area contributed by atoms with Crippen LogP contribution in [0.2, 0.25) is 0 Å². The van der Waals surface area contributed by atoms with Crippen LogP contribution < -0.4 is 11.1 Å². The van der Waals surface area contributed by atoms with Gasteiger partial charge in [0.25, 0.3) is 11.9 Å². The van der Waals surface area contributed by atoms with Gasteiger partial charge in [0.15, 0.2) is 5.60 Å². The van der Waals surface area contributed by atoms with Crippen molar-refractivity contribution in [2.24, 2.45) is 10.7 Å². The second-order valence-corrected chi connectivity index (χ2v) is 6.25. The molecule has 0 unspecified atom stereocenters. The summed E-state index contributed by atoms with van der Waals surface area (Å²) in [4.78, 5) is 20.1. The molecular weight excluding hydrogens is 365 g/mol. The molecule has 1 aromatic heterocycles. The summed E-state index contributed by atoms with van der Waals surface area (Å²) in [6, 6.07) is 8.53. The Morgan fingerprint density at radius 3 is 2.82 bits per heavy atom. The summed E-state index contributed by atoms with van der Waals surface area (Å²) in [7, 11) is 0. The minimum atomic E-state index is -0.614. The van der Waals surface area contributed by atoms with E-state index in [0.717, 1.165) is 6.07 Å². The average Bonchev–Trinajstić information content (AvgIpc) is 2.67. The average molecular weight is 383 g/mol. The van der Waals surface area contributed by atoms with E-state index < -0.39 is 17.3 Å². The minimum absolute atomic E-state index is 0.0745. The van der Waals surface area contributed by atoms with Crippen molar-refractivity contribution in [1.29, 1.82) is 5.26 Å². The molecule has 9 heteroatoms. The lowest BCUT2D eigenvalue weighted by atomic mass is 9.99. The highest BCUT2D eigenvalue weighted by molar-refractivity contribution is 6.03. The van der Waals surface area contributed by atoms with Crippen LogP contribution in [-0.4, -0.2) is 35.7 Å². The van der Waals surface area contributed by atoms with Crippen molar-refractivity contribution in [2.75, 3.05) is 18.5 Å². The van der Waals surface area contributed by atoms with Crippen molar-refractivity contribution < 1.29 is 18.7 Å². The third-order valence-corrected chi connectivity index (χ3v) is 4.26. The molecule has 144 valence electrons. The molecule has 0 atom stereocenters. The Labute approximate surface area is 160 Å². The highest BCUT2D eigenvalue weighted by Crippen LogP contribution is 2.27. The van der Waals surface area contributed by atoms with E-state index in [1.165, 1.54) is 30.5 Å². The quantitative estimate of drug-likeness (QED) is 0.604. The van der Waals surface area contributed by atoms with Gasteiger partial charge >= 0.3 is 0 Å². The van der Waals surface area contributed by atoms with Gasteiger partial charge in [-0.15, -0.1) is 0 Å². The van der Waals surface area contributed by atoms with Crippen LogP contribution in [0.1, 0.15) is 29.4 Å². The van der Waals surface area contributed by atoms with Crippen molar-refractivity contribution in [3.63, 3.8) is 0 Å². The van der Waals surface area contributed by atoms with Crippen LogP contribution in [-0.2, 0) is 9.47 Å². The number of aliphatic imine (C=N–C) groups is 1. The summed E-state index contributed by atoms with van der Waals surface area (Å²) < 4.78 is 24.8. The van der Waals surface area contributed by atoms with E-state index in [0.29, 0.717) is 30.9 Å². The maximum absolute atomic E-state index is 14.1. The molecule has 1 amide bonds. The Morgan fingerprint density at radius 1 is 1.46 bits per heavy atom. The Morgan fingerprint density at radius 2 is 2.25 bits per heavy atom. The summed E-state index contributed by atoms with van der Waals surface area (Å²) in [6.07, 6.45) is 1.97. The standard InChI is InChI=1S/C19H18FN5O3/c1-2-19(10-27-11-19)28-18(22)25-16-7-13(4-5-14(16)20)24-17(26)15-6-3-12(8-21)9-23-15/h3-7,9H,2,10-11H2,1H3,(H2,22,25)(H,24,26). The smallest absolute Gasteiger partial charge is 0.288 e. The second kappa shape index (κ2) is 8.02. The summed E-state index contributed by atoms with van der Waals surface area (Å²) in [5.41, 5.74) is 5.96. The van der Waals surface area contributed by atoms with Gasteiger partial charge in [0.1, 0.15) is 23.3 Å². The lowest BCUT2D eigenvalue weighted by Crippen LogP contribution is -2.53. The Bertz CT molecular complexity index is 944. The second-order valence-electron chi connectivity index (χ2n) is 6.25. The number of anilines is 1. The lowest BCUT2D eigenvalue weighted by Gasteiger charge is -2.39. The Balaban J connectivity index is 1.74. The first-order valence-electron chi connectivity index (χ1n) is 8.53. The normalized spacial score (nSPS) is 15.2. The number of ether oxygens (including phenoxy) is 2. The predicted molar refractivity (Wildman–Crippen MR) is 99.5 cm³/mol. The molecule has 2 heterocycles. The van der Waals surface area contributed by atoms with Crippen LogP contribution in [0.3, 0.4) is 0 Å². The zero-order valence-corrected chi connectivity index (χ0v) is 15.1. The molecule has 0 radical (unpaired) electrons. The molecular formula is C19H18FN5O3. The summed E-state index contributed by atoms with van der Waals surface area (Å²) >= 11 is 0. The van der Waals surface area contributed by atoms with Gasteiger partial charge in [-0.2, -0.15) is 10.3 Å². The van der Waals surface area contributed by atoms with Crippen LogP contribution in [0, 0.1) is 17.1 Å². The van der Waals surface area contributed by atoms with Crippen molar-refractivity contribution in [1.82, 2.24) is 4.98 Å². The molecule has 0 saturated carbocycles. The number of amidine groups is 1. The number of hydrogen-bond donors (Lipinski definition) is 2. The van der Waals surface area contributed by atoms with Crippen molar-refractivity contribution >= 4 is 23.3 Å². The largest absolute Gasteiger partial charge is 0.454 e. The maximum atomic E-state index is 14.1. The molecule has 1 aliphatic rings. The van der Waals surface area contributed by atoms with Gasteiger partial charge < -0.3 is 20.5 Å². The molecule has 28 heavy (non-hydrogen) atoms. The molecule has 1 aliphatic heterocycles. The highest BCUT2D eigenvalue weighted by Gasteiger charge is 2.40. The fourth-order valence-corrected chi connectivity index (χ4v) is 2.49. The van der Waals surface area contributed by atoms with E-state index in [1.807, 2.05) is 13.0 Å². The first-order valence-corrected chi connectivity index (χ1v) is 8.53. The maximum Gasteiger partial charge on any atom is 0.288 e. The van der Waals surface area contributed by atoms with Crippen molar-refractivity contribution in [3.05, 3.63) is 53.6 Å². The molecule has 1 aromatic carbocycles. The number of nitrogens with one attached hydrogen (secondary N) is 1. The number of nitriles is 1. The third kappa shape index (κ3) is 4.24. The number of pyridine rings is 1. The van der Waals surface area contributed by atoms with Crippen LogP contribution in [0.4, 0.5) is 15.8 Å². The molecule has 0 spiro atoms. The zero-order chi connectivity index (χ0) is 20.1. The number of hydrogen-bond acceptors (Lipinski definition) is 6. The van der Waals surface area contributed by atoms with E-state index >= 15 is 0 Å². The molecule has 1 saturated heterocycles. The lowest BCUT2D eigenvalue weighted by molar-refractivity contribution is -0.170. The van der Waals surface area contributed by atoms with Gasteiger partial charge in [-0.05, 0) is 36.8 Å². The van der Waals surface area contributed by atoms with Crippen LogP contribution in [0.5, 0.6) is 0 Å². The van der Waals surface area contributed by atoms with Gasteiger partial charge in [-0.25, -0.2) is 9.37 Å². The van der Waals surface area contributed by atoms with Gasteiger partial charge in [-0.1, -0.05) is 6.92 Å². The van der Waals surface area contributed by atoms with E-state index in [1.54, 1.807) is 0 Å². The topological polar surface area (TPSA) is 123 Å². The van der Waals surface area contributed by atoms with E-state index in [-0.39, 0.29) is 17.4 Å². The fourth-order valence-electron chi connectivity index (χ4n) is 2.49. The molecule has 2 aromatic rings. The number of nitrogens with two attached hydrogens (primary N) is 1. The highest BCUT2D eigenvalue weighted by atomic mass is 19.1. The Kier molecular flexibility index (Phi) is 5.52. The number of carbonyl (C=O) groups is 1. The van der Waals surface area contributed by atoms with Crippen molar-refractivity contribution in [2.45, 2.75) is 18.9 Å². The SMILES string of the molecule is CCC1(O/C(N)=N\c2cc(NC(=O)c3ccc(C#N)cn3)ccc2F)COC1. The van der Waals surface area contributed by atoms with Gasteiger partial charge in [0.2, 0.25) is 0 Å². The van der Waals surface area contributed by atoms with Crippen LogP contribution in [0.25, 0.3) is 0 Å². The van der Waals surface area contributed by atoms with E-state index in [9.17, 15) is 9.18 Å². The summed E-state index contributed by atoms with van der Waals surface area (Å²) in [6.45, 7) is 2.73. The number of carbonyl (C=O) groups excluding carboxylic acids is 1. The number of aromatic nitrogens is 1. The minimum Gasteiger partial charge on any atom is -0.454 e. The molecule has 0 aliphatic carbocycles. The van der Waals surface area contributed by atoms with E-state index in [2.05, 4.69) is 15.3 Å². The fraction of sp³-hybridized carbons (Fsp3) is 0.263. The summed E-state index contributed by atoms with van der Waals surface area (Å²) in [5.74, 6) is -1.12. The van der Waals surface area contributed by atoms with E-state index in [4.69, 9.17) is 20.5 Å². The molecule has 3 rings (SSSR count). The molecule has 1 fully saturated rings. The number of nitrogens with zero attached hydrogens (tertiary/aromatic N) is 3. The van der Waals surface area contributed by atoms with Crippen LogP contribution in [0.15, 0.2) is 41.5 Å². The third-order valence-electron chi connectivity index (χ3n) is 4.26. The first-order chi connectivity index (χ1) is 13.4. The molecule has 3 N–H and O–H groups in total. The number of rotatable bonds is 5. The predicted octanol–water partition coefficient (Wildman–Crippen LogP) is 2.49. The number of halogens is 1.